The number of hydrogen-bond acceptors (Lipinski definition) is 1. The zero-order valence-electron chi connectivity index (χ0n) is 8.30. The van der Waals surface area contributed by atoms with Crippen molar-refractivity contribution in [2.75, 3.05) is 13.1 Å². The van der Waals surface area contributed by atoms with Crippen molar-refractivity contribution < 1.29 is 37.2 Å². The van der Waals surface area contributed by atoms with Crippen molar-refractivity contribution in [1.29, 1.82) is 0 Å². The van der Waals surface area contributed by atoms with E-state index in [2.05, 4.69) is 36.3 Å². The Bertz CT molecular complexity index is 151. The second-order valence-electron chi connectivity index (χ2n) is 2.62. The summed E-state index contributed by atoms with van der Waals surface area (Å²) in [6.07, 6.45) is 11.1. The van der Waals surface area contributed by atoms with Crippen LogP contribution < -0.4 is 37.2 Å². The molecule has 0 bridgehead atoms. The number of rotatable bonds is 3. The Kier molecular flexibility index (Phi) is 27.7. The van der Waals surface area contributed by atoms with Crippen molar-refractivity contribution in [3.05, 3.63) is 24.4 Å². The van der Waals surface area contributed by atoms with Crippen LogP contribution in [0.5, 0.6) is 0 Å². The minimum absolute atomic E-state index is 0. The van der Waals surface area contributed by atoms with Crippen molar-refractivity contribution in [3.63, 3.8) is 0 Å². The molecule has 1 aliphatic heterocycles. The molecule has 1 heterocycles. The molecule has 0 aromatic carbocycles. The van der Waals surface area contributed by atoms with Crippen LogP contribution in [0.1, 0.15) is 19.8 Å². The fraction of sp³-hybridized carbons (Fsp3) is 0.556. The molecule has 0 saturated carbocycles. The number of hydrogen-bond donors (Lipinski definition) is 0. The van der Waals surface area contributed by atoms with Gasteiger partial charge in [0.25, 0.3) is 0 Å². The molecule has 1 aliphatic rings. The Morgan fingerprint density at radius 3 is 2.21 bits per heavy atom. The summed E-state index contributed by atoms with van der Waals surface area (Å²) in [7, 11) is 0. The summed E-state index contributed by atoms with van der Waals surface area (Å²) in [5, 5.41) is 0. The van der Waals surface area contributed by atoms with Crippen LogP contribution in [-0.2, 0) is 0 Å². The maximum Gasteiger partial charge on any atom is 3.00 e. The smallest absolute Gasteiger partial charge is 1.00 e. The van der Waals surface area contributed by atoms with Crippen molar-refractivity contribution in [1.82, 2.24) is 4.90 Å². The van der Waals surface area contributed by atoms with Gasteiger partial charge in [-0.15, -0.1) is 0 Å². The van der Waals surface area contributed by atoms with Crippen molar-refractivity contribution in [2.45, 2.75) is 19.8 Å². The maximum atomic E-state index is 2.34. The largest absolute Gasteiger partial charge is 3.00 e. The second-order valence-corrected chi connectivity index (χ2v) is 2.62. The van der Waals surface area contributed by atoms with Gasteiger partial charge >= 0.3 is 17.4 Å². The van der Waals surface area contributed by atoms with Crippen LogP contribution in [-0.4, -0.2) is 35.4 Å². The first-order chi connectivity index (χ1) is 4.93. The van der Waals surface area contributed by atoms with E-state index in [0.29, 0.717) is 0 Å². The molecule has 0 atom stereocenters. The van der Waals surface area contributed by atoms with E-state index in [1.807, 2.05) is 0 Å². The van der Waals surface area contributed by atoms with Gasteiger partial charge in [-0.25, -0.2) is 0 Å². The van der Waals surface area contributed by atoms with E-state index in [1.165, 1.54) is 19.4 Å². The zero-order chi connectivity index (χ0) is 7.23. The van der Waals surface area contributed by atoms with Crippen molar-refractivity contribution in [2.24, 2.45) is 0 Å². The van der Waals surface area contributed by atoms with E-state index in [9.17, 15) is 0 Å². The molecule has 0 radical (unpaired) electrons. The van der Waals surface area contributed by atoms with Gasteiger partial charge in [0, 0.05) is 13.1 Å². The maximum absolute atomic E-state index is 2.34. The third-order valence-electron chi connectivity index (χ3n) is 1.68. The first-order valence-electron chi connectivity index (χ1n) is 4.01. The fourth-order valence-electron chi connectivity index (χ4n) is 1.03. The zero-order valence-corrected chi connectivity index (χ0v) is 11.7. The van der Waals surface area contributed by atoms with Gasteiger partial charge in [0.05, 0.1) is 0 Å². The average Bonchev–Trinajstić information content (AvgIpc) is 2.03. The molecular formula is C9H15AlCl3N. The van der Waals surface area contributed by atoms with Crippen molar-refractivity contribution in [3.8, 4) is 0 Å². The van der Waals surface area contributed by atoms with E-state index in [1.54, 1.807) is 0 Å². The van der Waals surface area contributed by atoms with Crippen LogP contribution in [0.3, 0.4) is 0 Å². The monoisotopic (exact) mass is 269 g/mol. The Morgan fingerprint density at radius 1 is 1.14 bits per heavy atom. The van der Waals surface area contributed by atoms with E-state index in [-0.39, 0.29) is 54.6 Å². The Balaban J connectivity index is -0.000000125. The van der Waals surface area contributed by atoms with Gasteiger partial charge < -0.3 is 42.1 Å². The molecule has 0 fully saturated rings. The first-order valence-corrected chi connectivity index (χ1v) is 4.01. The molecule has 0 spiro atoms. The molecular weight excluding hydrogens is 255 g/mol. The first kappa shape index (κ1) is 24.1. The minimum Gasteiger partial charge on any atom is -1.00 e. The van der Waals surface area contributed by atoms with E-state index < -0.39 is 0 Å². The third-order valence-corrected chi connectivity index (χ3v) is 1.68. The predicted octanol–water partition coefficient (Wildman–Crippen LogP) is -7.20. The molecule has 0 N–H and O–H groups in total. The average molecular weight is 271 g/mol. The van der Waals surface area contributed by atoms with Gasteiger partial charge in [-0.2, -0.15) is 0 Å². The Labute approximate surface area is 116 Å². The summed E-state index contributed by atoms with van der Waals surface area (Å²) in [4.78, 5) is 2.34. The minimum atomic E-state index is 0. The van der Waals surface area contributed by atoms with Gasteiger partial charge in [0.15, 0.2) is 0 Å². The second kappa shape index (κ2) is 16.1. The van der Waals surface area contributed by atoms with Crippen LogP contribution in [0.4, 0.5) is 0 Å². The van der Waals surface area contributed by atoms with Crippen LogP contribution in [0, 0.1) is 0 Å². The summed E-state index contributed by atoms with van der Waals surface area (Å²) >= 11 is 0. The molecule has 1 nitrogen and oxygen atoms in total. The number of unbranched alkanes of at least 4 members (excludes halogenated alkanes) is 1. The quantitative estimate of drug-likeness (QED) is 0.461. The Hall–Kier alpha value is 0.682. The van der Waals surface area contributed by atoms with Gasteiger partial charge in [-0.05, 0) is 18.7 Å². The topological polar surface area (TPSA) is 3.24 Å². The van der Waals surface area contributed by atoms with Crippen LogP contribution in [0.2, 0.25) is 0 Å². The van der Waals surface area contributed by atoms with Gasteiger partial charge in [-0.1, -0.05) is 25.5 Å². The summed E-state index contributed by atoms with van der Waals surface area (Å²) in [6.45, 7) is 4.53. The molecule has 0 amide bonds. The van der Waals surface area contributed by atoms with E-state index in [4.69, 9.17) is 0 Å². The summed E-state index contributed by atoms with van der Waals surface area (Å²) in [5.74, 6) is 0. The van der Waals surface area contributed by atoms with Crippen LogP contribution in [0.25, 0.3) is 0 Å². The predicted molar refractivity (Wildman–Crippen MR) is 50.5 cm³/mol. The SMILES string of the molecule is CCCCN1C=CC=CC1.[Al+3].[Cl-].[Cl-].[Cl-]. The molecule has 5 heteroatoms. The van der Waals surface area contributed by atoms with Gasteiger partial charge in [-0.3, -0.25) is 0 Å². The molecule has 80 valence electrons. The summed E-state index contributed by atoms with van der Waals surface area (Å²) in [5.41, 5.74) is 0. The van der Waals surface area contributed by atoms with Crippen LogP contribution in [0.15, 0.2) is 24.4 Å². The molecule has 0 aromatic heterocycles. The number of nitrogens with zero attached hydrogens (tertiary/aromatic N) is 1. The number of allylic oxidation sites excluding steroid dienone is 2. The normalized spacial score (nSPS) is 11.6. The summed E-state index contributed by atoms with van der Waals surface area (Å²) < 4.78 is 0. The molecule has 0 aromatic rings. The molecule has 0 aliphatic carbocycles. The van der Waals surface area contributed by atoms with Gasteiger partial charge in [0.2, 0.25) is 0 Å². The third kappa shape index (κ3) is 10.8. The molecule has 1 rings (SSSR count). The number of halogens is 3. The molecule has 14 heavy (non-hydrogen) atoms. The standard InChI is InChI=1S/C9H15N.Al.3ClH/c1-2-3-7-10-8-5-4-6-9-10;;;;/h4-6,8H,2-3,7,9H2,1H3;;3*1H/q;+3;;;/p-3. The Morgan fingerprint density at radius 2 is 1.79 bits per heavy atom. The molecule has 0 saturated heterocycles. The van der Waals surface area contributed by atoms with Crippen molar-refractivity contribution >= 4 is 17.4 Å². The summed E-state index contributed by atoms with van der Waals surface area (Å²) in [6, 6.07) is 0. The van der Waals surface area contributed by atoms with Gasteiger partial charge in [0.1, 0.15) is 0 Å². The molecule has 0 unspecified atom stereocenters. The van der Waals surface area contributed by atoms with E-state index >= 15 is 0 Å². The van der Waals surface area contributed by atoms with E-state index in [0.717, 1.165) is 6.54 Å². The van der Waals surface area contributed by atoms with Crippen LogP contribution >= 0.6 is 0 Å². The fourth-order valence-corrected chi connectivity index (χ4v) is 1.03.